The third-order valence-electron chi connectivity index (χ3n) is 5.78. The Balaban J connectivity index is 1.27. The third-order valence-corrected chi connectivity index (χ3v) is 5.78. The van der Waals surface area contributed by atoms with Gasteiger partial charge >= 0.3 is 0 Å². The molecule has 4 rings (SSSR count). The molecule has 1 aromatic carbocycles. The summed E-state index contributed by atoms with van der Waals surface area (Å²) < 4.78 is 0. The van der Waals surface area contributed by atoms with Gasteiger partial charge in [0.25, 0.3) is 0 Å². The number of hydrogen-bond donors (Lipinski definition) is 4. The lowest BCUT2D eigenvalue weighted by molar-refractivity contribution is 0.201. The van der Waals surface area contributed by atoms with Gasteiger partial charge in [-0.2, -0.15) is 0 Å². The number of likely N-dealkylation sites (tertiary alicyclic amines) is 1. The van der Waals surface area contributed by atoms with Gasteiger partial charge in [0.1, 0.15) is 0 Å². The van der Waals surface area contributed by atoms with E-state index in [0.717, 1.165) is 38.5 Å². The van der Waals surface area contributed by atoms with Crippen LogP contribution in [0.2, 0.25) is 0 Å². The molecule has 5 nitrogen and oxygen atoms in total. The van der Waals surface area contributed by atoms with Crippen LogP contribution in [0.3, 0.4) is 0 Å². The number of piperidine rings is 1. The van der Waals surface area contributed by atoms with Crippen molar-refractivity contribution in [3.8, 4) is 0 Å². The molecule has 2 saturated heterocycles. The van der Waals surface area contributed by atoms with Gasteiger partial charge in [0.2, 0.25) is 0 Å². The van der Waals surface area contributed by atoms with Crippen LogP contribution >= 0.6 is 0 Å². The molecule has 0 spiro atoms. The second kappa shape index (κ2) is 7.69. The van der Waals surface area contributed by atoms with Crippen LogP contribution in [0.25, 0.3) is 10.9 Å². The van der Waals surface area contributed by atoms with E-state index in [9.17, 15) is 0 Å². The van der Waals surface area contributed by atoms with Crippen LogP contribution in [-0.2, 0) is 6.54 Å². The molecule has 0 amide bonds. The van der Waals surface area contributed by atoms with E-state index in [1.54, 1.807) is 0 Å². The van der Waals surface area contributed by atoms with Gasteiger partial charge in [0.15, 0.2) is 0 Å². The van der Waals surface area contributed by atoms with E-state index in [0.29, 0.717) is 12.0 Å². The second-order valence-corrected chi connectivity index (χ2v) is 7.99. The molecule has 3 heterocycles. The molecule has 5 heteroatoms. The first-order valence-electron chi connectivity index (χ1n) is 10.0. The number of nitrogens with one attached hydrogen (secondary N) is 4. The summed E-state index contributed by atoms with van der Waals surface area (Å²) in [6.07, 6.45) is 2.38. The summed E-state index contributed by atoms with van der Waals surface area (Å²) in [6, 6.07) is 9.13. The van der Waals surface area contributed by atoms with Crippen molar-refractivity contribution in [2.45, 2.75) is 32.4 Å². The molecule has 2 aromatic rings. The number of H-pyrrole nitrogens is 1. The smallest absolute Gasteiger partial charge is 0.0918 e. The molecule has 1 aromatic heterocycles. The van der Waals surface area contributed by atoms with E-state index in [1.807, 2.05) is 0 Å². The average Bonchev–Trinajstić information content (AvgIpc) is 3.00. The van der Waals surface area contributed by atoms with Crippen molar-refractivity contribution in [1.29, 1.82) is 0 Å². The lowest BCUT2D eigenvalue weighted by Crippen LogP contribution is -2.51. The van der Waals surface area contributed by atoms with Gasteiger partial charge in [0.05, 0.1) is 12.4 Å². The molecule has 2 fully saturated rings. The van der Waals surface area contributed by atoms with Crippen LogP contribution in [0.1, 0.15) is 24.1 Å². The number of fused-ring (bicyclic) bond motifs is 1. The first-order chi connectivity index (χ1) is 13.1. The van der Waals surface area contributed by atoms with E-state index in [4.69, 9.17) is 0 Å². The van der Waals surface area contributed by atoms with Gasteiger partial charge in [0, 0.05) is 55.0 Å². The number of hydrogen-bond acceptors (Lipinski definition) is 4. The molecule has 4 N–H and O–H groups in total. The fourth-order valence-corrected chi connectivity index (χ4v) is 4.05. The molecule has 144 valence electrons. The highest BCUT2D eigenvalue weighted by Crippen LogP contribution is 2.22. The van der Waals surface area contributed by atoms with E-state index in [2.05, 4.69) is 70.2 Å². The maximum Gasteiger partial charge on any atom is 0.0918 e. The summed E-state index contributed by atoms with van der Waals surface area (Å²) in [7, 11) is 0. The van der Waals surface area contributed by atoms with Crippen LogP contribution in [0, 0.1) is 12.8 Å². The summed E-state index contributed by atoms with van der Waals surface area (Å²) in [6.45, 7) is 15.7. The zero-order valence-corrected chi connectivity index (χ0v) is 16.3. The van der Waals surface area contributed by atoms with E-state index in [-0.39, 0.29) is 0 Å². The Morgan fingerprint density at radius 1 is 1.26 bits per heavy atom. The summed E-state index contributed by atoms with van der Waals surface area (Å²) in [4.78, 5) is 5.93. The zero-order valence-electron chi connectivity index (χ0n) is 16.3. The molecule has 1 atom stereocenters. The van der Waals surface area contributed by atoms with Crippen molar-refractivity contribution < 1.29 is 0 Å². The number of nitrogens with zero attached hydrogens (tertiary/aromatic N) is 1. The zero-order chi connectivity index (χ0) is 18.8. The fourth-order valence-electron chi connectivity index (χ4n) is 4.05. The summed E-state index contributed by atoms with van der Waals surface area (Å²) >= 11 is 0. The van der Waals surface area contributed by atoms with E-state index < -0.39 is 0 Å². The molecule has 0 bridgehead atoms. The van der Waals surface area contributed by atoms with Crippen LogP contribution in [0.5, 0.6) is 0 Å². The average molecular weight is 366 g/mol. The SMILES string of the molecule is C=C(NCc1cc2cc(C)ccc2[nH]1)N[C@@H]1CCCN(C(=C)C2CNC2)C1. The molecule has 0 radical (unpaired) electrons. The summed E-state index contributed by atoms with van der Waals surface area (Å²) in [5.41, 5.74) is 4.94. The first kappa shape index (κ1) is 18.0. The van der Waals surface area contributed by atoms with Crippen molar-refractivity contribution in [2.75, 3.05) is 26.2 Å². The molecule has 0 saturated carbocycles. The molecular weight excluding hydrogens is 334 g/mol. The largest absolute Gasteiger partial charge is 0.373 e. The monoisotopic (exact) mass is 365 g/mol. The van der Waals surface area contributed by atoms with Gasteiger partial charge < -0.3 is 25.8 Å². The highest BCUT2D eigenvalue weighted by Gasteiger charge is 2.27. The number of aromatic nitrogens is 1. The molecule has 0 aliphatic carbocycles. The number of rotatable bonds is 7. The second-order valence-electron chi connectivity index (χ2n) is 7.99. The van der Waals surface area contributed by atoms with Crippen LogP contribution < -0.4 is 16.0 Å². The van der Waals surface area contributed by atoms with Gasteiger partial charge in [-0.05, 0) is 43.4 Å². The van der Waals surface area contributed by atoms with Crippen LogP contribution in [0.15, 0.2) is 48.9 Å². The van der Waals surface area contributed by atoms with Gasteiger partial charge in [-0.15, -0.1) is 0 Å². The quantitative estimate of drug-likeness (QED) is 0.609. The number of benzene rings is 1. The topological polar surface area (TPSA) is 55.1 Å². The van der Waals surface area contributed by atoms with Gasteiger partial charge in [-0.1, -0.05) is 24.8 Å². The normalized spacial score (nSPS) is 20.3. The minimum atomic E-state index is 0.425. The van der Waals surface area contributed by atoms with Crippen molar-refractivity contribution in [3.63, 3.8) is 0 Å². The standard InChI is InChI=1S/C22H31N5/c1-15-6-7-22-18(9-15)10-21(26-22)13-24-17(3)25-20-5-4-8-27(14-20)16(2)19-11-23-12-19/h6-7,9-10,19-20,23-26H,2-5,8,11-14H2,1H3/t20-/m1/s1. The predicted molar refractivity (Wildman–Crippen MR) is 112 cm³/mol. The first-order valence-corrected chi connectivity index (χ1v) is 10.0. The Bertz CT molecular complexity index is 832. The number of aromatic amines is 1. The molecular formula is C22H31N5. The van der Waals surface area contributed by atoms with Crippen LogP contribution in [0.4, 0.5) is 0 Å². The van der Waals surface area contributed by atoms with Gasteiger partial charge in [-0.25, -0.2) is 0 Å². The fraction of sp³-hybridized carbons (Fsp3) is 0.455. The Kier molecular flexibility index (Phi) is 5.12. The Morgan fingerprint density at radius 2 is 2.11 bits per heavy atom. The molecule has 2 aliphatic heterocycles. The van der Waals surface area contributed by atoms with Gasteiger partial charge in [-0.3, -0.25) is 0 Å². The van der Waals surface area contributed by atoms with Crippen LogP contribution in [-0.4, -0.2) is 42.1 Å². The van der Waals surface area contributed by atoms with Crippen molar-refractivity contribution >= 4 is 10.9 Å². The predicted octanol–water partition coefficient (Wildman–Crippen LogP) is 2.82. The highest BCUT2D eigenvalue weighted by molar-refractivity contribution is 5.81. The summed E-state index contributed by atoms with van der Waals surface area (Å²) in [5, 5.41) is 11.6. The van der Waals surface area contributed by atoms with Crippen molar-refractivity contribution in [2.24, 2.45) is 5.92 Å². The minimum Gasteiger partial charge on any atom is -0.373 e. The lowest BCUT2D eigenvalue weighted by Gasteiger charge is -2.41. The molecule has 0 unspecified atom stereocenters. The lowest BCUT2D eigenvalue weighted by atomic mass is 9.96. The van der Waals surface area contributed by atoms with Crippen molar-refractivity contribution in [3.05, 3.63) is 60.2 Å². The van der Waals surface area contributed by atoms with E-state index in [1.165, 1.54) is 40.7 Å². The summed E-state index contributed by atoms with van der Waals surface area (Å²) in [5.74, 6) is 1.52. The minimum absolute atomic E-state index is 0.425. The molecule has 2 aliphatic rings. The van der Waals surface area contributed by atoms with Crippen molar-refractivity contribution in [1.82, 2.24) is 25.8 Å². The number of aryl methyl sites for hydroxylation is 1. The highest BCUT2D eigenvalue weighted by atomic mass is 15.2. The van der Waals surface area contributed by atoms with E-state index >= 15 is 0 Å². The molecule has 27 heavy (non-hydrogen) atoms. The maximum atomic E-state index is 4.33. The third kappa shape index (κ3) is 4.14. The Labute approximate surface area is 161 Å². The Hall–Kier alpha value is -2.40. The Morgan fingerprint density at radius 3 is 2.89 bits per heavy atom. The maximum absolute atomic E-state index is 4.33.